The molecule has 0 bridgehead atoms. The molecular weight excluding hydrogens is 316 g/mol. The maximum Gasteiger partial charge on any atom is 0.0924 e. The quantitative estimate of drug-likeness (QED) is 0.424. The average molecular weight is 342 g/mol. The minimum atomic E-state index is 0.275. The van der Waals surface area contributed by atoms with Crippen LogP contribution in [0.4, 0.5) is 5.69 Å². The molecule has 1 aromatic heterocycles. The fourth-order valence-corrected chi connectivity index (χ4v) is 3.05. The monoisotopic (exact) mass is 342 g/mol. The number of allylic oxidation sites excluding steroid dienone is 2. The number of H-pyrrole nitrogens is 1. The van der Waals surface area contributed by atoms with Crippen molar-refractivity contribution in [3.05, 3.63) is 42.4 Å². The summed E-state index contributed by atoms with van der Waals surface area (Å²) in [4.78, 5) is 2.30. The highest BCUT2D eigenvalue weighted by molar-refractivity contribution is 5.95. The summed E-state index contributed by atoms with van der Waals surface area (Å²) in [6.45, 7) is 3.25. The summed E-state index contributed by atoms with van der Waals surface area (Å²) >= 11 is 0. The number of rotatable bonds is 8. The maximum atomic E-state index is 5.88. The second-order valence-electron chi connectivity index (χ2n) is 6.20. The number of hydrogen-bond donors (Lipinski definition) is 4. The van der Waals surface area contributed by atoms with E-state index >= 15 is 0 Å². The predicted molar refractivity (Wildman–Crippen MR) is 102 cm³/mol. The molecule has 1 fully saturated rings. The second kappa shape index (κ2) is 8.04. The van der Waals surface area contributed by atoms with Crippen LogP contribution in [0.5, 0.6) is 0 Å². The lowest BCUT2D eigenvalue weighted by atomic mass is 10.0. The molecule has 134 valence electrons. The molecule has 7 nitrogen and oxygen atoms in total. The third-order valence-electron chi connectivity index (χ3n) is 4.47. The van der Waals surface area contributed by atoms with Crippen LogP contribution in [0.15, 0.2) is 36.8 Å². The lowest BCUT2D eigenvalue weighted by molar-refractivity contribution is 0.0326. The second-order valence-corrected chi connectivity index (χ2v) is 6.20. The summed E-state index contributed by atoms with van der Waals surface area (Å²) in [5, 5.41) is 8.31. The minimum Gasteiger partial charge on any atom is -0.405 e. The maximum absolute atomic E-state index is 5.88. The summed E-state index contributed by atoms with van der Waals surface area (Å²) < 4.78 is 5.88. The van der Waals surface area contributed by atoms with Crippen LogP contribution in [0.1, 0.15) is 18.4 Å². The van der Waals surface area contributed by atoms with E-state index in [4.69, 9.17) is 21.9 Å². The van der Waals surface area contributed by atoms with Gasteiger partial charge in [0.25, 0.3) is 0 Å². The SMILES string of the molecule is N/C=C\C(=C/N)c1cc(N2CC(OCCCCN)C2)c2cn[nH]c2c1. The summed E-state index contributed by atoms with van der Waals surface area (Å²) in [6, 6.07) is 4.16. The molecule has 0 atom stereocenters. The topological polar surface area (TPSA) is 119 Å². The smallest absolute Gasteiger partial charge is 0.0924 e. The first-order valence-electron chi connectivity index (χ1n) is 8.61. The van der Waals surface area contributed by atoms with Crippen molar-refractivity contribution in [2.24, 2.45) is 17.2 Å². The van der Waals surface area contributed by atoms with Crippen LogP contribution >= 0.6 is 0 Å². The standard InChI is InChI=1S/C18H26N6O/c19-4-1-2-6-25-15-11-24(12-15)18-8-14(13(9-21)3-5-20)7-17-16(18)10-22-23-17/h3,5,7-10,15H,1-2,4,6,11-12,19-21H2,(H,22,23)/b5-3-,13-9+. The Morgan fingerprint density at radius 3 is 2.88 bits per heavy atom. The Bertz CT molecular complexity index is 760. The zero-order valence-electron chi connectivity index (χ0n) is 14.3. The van der Waals surface area contributed by atoms with E-state index in [0.717, 1.165) is 66.8 Å². The number of nitrogens with zero attached hydrogens (tertiary/aromatic N) is 2. The number of nitrogens with two attached hydrogens (primary N) is 3. The fourth-order valence-electron chi connectivity index (χ4n) is 3.05. The van der Waals surface area contributed by atoms with E-state index in [1.807, 2.05) is 12.3 Å². The Kier molecular flexibility index (Phi) is 5.57. The molecule has 0 spiro atoms. The van der Waals surface area contributed by atoms with Crippen molar-refractivity contribution in [3.63, 3.8) is 0 Å². The van der Waals surface area contributed by atoms with Gasteiger partial charge in [-0.15, -0.1) is 0 Å². The molecule has 7 heteroatoms. The average Bonchev–Trinajstić information content (AvgIpc) is 3.06. The van der Waals surface area contributed by atoms with Crippen LogP contribution in [0, 0.1) is 0 Å². The van der Waals surface area contributed by atoms with E-state index in [0.29, 0.717) is 0 Å². The van der Waals surface area contributed by atoms with E-state index in [1.165, 1.54) is 6.20 Å². The van der Waals surface area contributed by atoms with Crippen molar-refractivity contribution in [2.75, 3.05) is 31.1 Å². The molecule has 0 saturated carbocycles. The van der Waals surface area contributed by atoms with Gasteiger partial charge in [-0.3, -0.25) is 5.10 Å². The third-order valence-corrected chi connectivity index (χ3v) is 4.47. The number of anilines is 1. The third kappa shape index (κ3) is 3.78. The van der Waals surface area contributed by atoms with Crippen molar-refractivity contribution in [2.45, 2.75) is 18.9 Å². The van der Waals surface area contributed by atoms with Crippen LogP contribution in [-0.2, 0) is 4.74 Å². The van der Waals surface area contributed by atoms with E-state index < -0.39 is 0 Å². The molecular formula is C18H26N6O. The van der Waals surface area contributed by atoms with Gasteiger partial charge in [-0.2, -0.15) is 5.10 Å². The van der Waals surface area contributed by atoms with E-state index in [9.17, 15) is 0 Å². The van der Waals surface area contributed by atoms with Gasteiger partial charge in [0.2, 0.25) is 0 Å². The van der Waals surface area contributed by atoms with Gasteiger partial charge in [0.1, 0.15) is 0 Å². The van der Waals surface area contributed by atoms with Gasteiger partial charge in [0.05, 0.1) is 17.8 Å². The van der Waals surface area contributed by atoms with E-state index in [1.54, 1.807) is 12.3 Å². The van der Waals surface area contributed by atoms with Crippen LogP contribution in [0.3, 0.4) is 0 Å². The van der Waals surface area contributed by atoms with Gasteiger partial charge < -0.3 is 26.8 Å². The molecule has 0 amide bonds. The molecule has 1 aliphatic rings. The van der Waals surface area contributed by atoms with E-state index in [-0.39, 0.29) is 6.10 Å². The number of hydrogen-bond acceptors (Lipinski definition) is 6. The van der Waals surface area contributed by atoms with Crippen molar-refractivity contribution in [1.29, 1.82) is 0 Å². The van der Waals surface area contributed by atoms with Crippen LogP contribution < -0.4 is 22.1 Å². The number of unbranched alkanes of at least 4 members (excludes halogenated alkanes) is 1. The number of aromatic amines is 1. The molecule has 1 saturated heterocycles. The largest absolute Gasteiger partial charge is 0.405 e. The zero-order chi connectivity index (χ0) is 17.6. The van der Waals surface area contributed by atoms with Crippen molar-refractivity contribution < 1.29 is 4.74 Å². The predicted octanol–water partition coefficient (Wildman–Crippen LogP) is 1.28. The van der Waals surface area contributed by atoms with Gasteiger partial charge in [0.15, 0.2) is 0 Å². The molecule has 0 aliphatic carbocycles. The lowest BCUT2D eigenvalue weighted by Crippen LogP contribution is -2.52. The Balaban J connectivity index is 1.75. The molecule has 0 unspecified atom stereocenters. The first-order chi connectivity index (χ1) is 12.3. The highest BCUT2D eigenvalue weighted by Gasteiger charge is 2.29. The zero-order valence-corrected chi connectivity index (χ0v) is 14.3. The van der Waals surface area contributed by atoms with Crippen LogP contribution in [0.2, 0.25) is 0 Å². The van der Waals surface area contributed by atoms with Crippen LogP contribution in [-0.4, -0.2) is 42.5 Å². The van der Waals surface area contributed by atoms with Crippen molar-refractivity contribution in [3.8, 4) is 0 Å². The number of ether oxygens (including phenoxy) is 1. The molecule has 0 radical (unpaired) electrons. The highest BCUT2D eigenvalue weighted by Crippen LogP contribution is 2.33. The molecule has 7 N–H and O–H groups in total. The molecule has 2 aromatic rings. The van der Waals surface area contributed by atoms with Gasteiger partial charge in [-0.25, -0.2) is 0 Å². The van der Waals surface area contributed by atoms with Gasteiger partial charge in [-0.1, -0.05) is 0 Å². The van der Waals surface area contributed by atoms with Gasteiger partial charge in [-0.05, 0) is 54.9 Å². The van der Waals surface area contributed by atoms with Crippen molar-refractivity contribution in [1.82, 2.24) is 10.2 Å². The highest BCUT2D eigenvalue weighted by atomic mass is 16.5. The number of nitrogens with one attached hydrogen (secondary N) is 1. The summed E-state index contributed by atoms with van der Waals surface area (Å²) in [7, 11) is 0. The summed E-state index contributed by atoms with van der Waals surface area (Å²) in [6.07, 6.45) is 9.00. The fraction of sp³-hybridized carbons (Fsp3) is 0.389. The minimum absolute atomic E-state index is 0.275. The Labute approximate surface area is 147 Å². The number of benzene rings is 1. The molecule has 2 heterocycles. The lowest BCUT2D eigenvalue weighted by Gasteiger charge is -2.41. The first kappa shape index (κ1) is 17.3. The summed E-state index contributed by atoms with van der Waals surface area (Å²) in [5.74, 6) is 0. The molecule has 3 rings (SSSR count). The van der Waals surface area contributed by atoms with Gasteiger partial charge >= 0.3 is 0 Å². The van der Waals surface area contributed by atoms with Crippen molar-refractivity contribution >= 4 is 22.2 Å². The van der Waals surface area contributed by atoms with Gasteiger partial charge in [0, 0.05) is 37.0 Å². The normalized spacial score (nSPS) is 16.0. The Morgan fingerprint density at radius 1 is 1.32 bits per heavy atom. The molecule has 25 heavy (non-hydrogen) atoms. The molecule has 1 aromatic carbocycles. The molecule has 1 aliphatic heterocycles. The summed E-state index contributed by atoms with van der Waals surface area (Å²) in [5.41, 5.74) is 20.8. The first-order valence-corrected chi connectivity index (χ1v) is 8.61. The van der Waals surface area contributed by atoms with Crippen LogP contribution in [0.25, 0.3) is 16.5 Å². The Hall–Kier alpha value is -2.51. The van der Waals surface area contributed by atoms with E-state index in [2.05, 4.69) is 21.2 Å². The number of fused-ring (bicyclic) bond motifs is 1. The number of aromatic nitrogens is 2. The Morgan fingerprint density at radius 2 is 2.16 bits per heavy atom.